The number of hydrogen-bond donors (Lipinski definition) is 2. The predicted octanol–water partition coefficient (Wildman–Crippen LogP) is 4.64. The van der Waals surface area contributed by atoms with Crippen molar-refractivity contribution in [1.29, 1.82) is 0 Å². The van der Waals surface area contributed by atoms with Gasteiger partial charge in [-0.2, -0.15) is 0 Å². The number of amides is 2. The maximum atomic E-state index is 11.9. The van der Waals surface area contributed by atoms with Crippen LogP contribution in [0.5, 0.6) is 0 Å². The number of hydrogen-bond acceptors (Lipinski definition) is 2. The van der Waals surface area contributed by atoms with Crippen LogP contribution >= 0.6 is 11.8 Å². The van der Waals surface area contributed by atoms with Gasteiger partial charge in [0.15, 0.2) is 0 Å². The van der Waals surface area contributed by atoms with Crippen molar-refractivity contribution >= 4 is 23.5 Å². The van der Waals surface area contributed by atoms with Gasteiger partial charge in [0.1, 0.15) is 0 Å². The minimum Gasteiger partial charge on any atom is -0.335 e. The number of anilines is 1. The van der Waals surface area contributed by atoms with Gasteiger partial charge in [0.2, 0.25) is 0 Å². The van der Waals surface area contributed by atoms with E-state index in [2.05, 4.69) is 23.6 Å². The van der Waals surface area contributed by atoms with Gasteiger partial charge in [-0.1, -0.05) is 31.9 Å². The highest BCUT2D eigenvalue weighted by Gasteiger charge is 2.18. The van der Waals surface area contributed by atoms with E-state index in [0.29, 0.717) is 5.25 Å². The summed E-state index contributed by atoms with van der Waals surface area (Å²) in [7, 11) is 0. The first-order valence-corrected chi connectivity index (χ1v) is 8.40. The number of carbonyl (C=O) groups excluding carboxylic acids is 1. The van der Waals surface area contributed by atoms with Crippen molar-refractivity contribution in [3.8, 4) is 0 Å². The Labute approximate surface area is 125 Å². The van der Waals surface area contributed by atoms with Crippen molar-refractivity contribution in [2.75, 3.05) is 5.32 Å². The third-order valence-electron chi connectivity index (χ3n) is 3.72. The van der Waals surface area contributed by atoms with Gasteiger partial charge in [-0.25, -0.2) is 4.79 Å². The van der Waals surface area contributed by atoms with Gasteiger partial charge in [0.05, 0.1) is 5.69 Å². The molecule has 1 fully saturated rings. The number of urea groups is 1. The highest BCUT2D eigenvalue weighted by Crippen LogP contribution is 2.37. The van der Waals surface area contributed by atoms with Crippen LogP contribution in [0.1, 0.15) is 46.0 Å². The summed E-state index contributed by atoms with van der Waals surface area (Å²) in [6.07, 6.45) is 6.19. The molecule has 0 aliphatic heterocycles. The molecule has 0 bridgehead atoms. The molecule has 1 aromatic carbocycles. The van der Waals surface area contributed by atoms with Gasteiger partial charge in [-0.05, 0) is 38.3 Å². The monoisotopic (exact) mass is 292 g/mol. The molecule has 2 amide bonds. The van der Waals surface area contributed by atoms with E-state index in [0.717, 1.165) is 12.1 Å². The second-order valence-electron chi connectivity index (χ2n) is 5.43. The van der Waals surface area contributed by atoms with Crippen LogP contribution in [-0.2, 0) is 0 Å². The molecule has 20 heavy (non-hydrogen) atoms. The smallest absolute Gasteiger partial charge is 0.319 e. The molecule has 0 spiro atoms. The summed E-state index contributed by atoms with van der Waals surface area (Å²) >= 11 is 1.90. The van der Waals surface area contributed by atoms with Crippen molar-refractivity contribution in [1.82, 2.24) is 5.32 Å². The molecule has 1 atom stereocenters. The SMILES string of the molecule is CCC(C)NC(=O)Nc1ccccc1SC1CCCC1. The Kier molecular flexibility index (Phi) is 5.77. The van der Waals surface area contributed by atoms with E-state index in [1.165, 1.54) is 30.6 Å². The normalized spacial score (nSPS) is 16.9. The summed E-state index contributed by atoms with van der Waals surface area (Å²) in [5.41, 5.74) is 0.921. The Morgan fingerprint density at radius 3 is 2.75 bits per heavy atom. The van der Waals surface area contributed by atoms with Crippen molar-refractivity contribution in [2.45, 2.75) is 62.1 Å². The van der Waals surface area contributed by atoms with Gasteiger partial charge in [0, 0.05) is 16.2 Å². The molecule has 0 radical (unpaired) electrons. The number of benzene rings is 1. The van der Waals surface area contributed by atoms with E-state index in [1.807, 2.05) is 36.9 Å². The molecule has 1 aliphatic rings. The molecule has 2 N–H and O–H groups in total. The third kappa shape index (κ3) is 4.44. The minimum absolute atomic E-state index is 0.112. The topological polar surface area (TPSA) is 41.1 Å². The first-order valence-electron chi connectivity index (χ1n) is 7.52. The Balaban J connectivity index is 1.98. The highest BCUT2D eigenvalue weighted by molar-refractivity contribution is 8.00. The predicted molar refractivity (Wildman–Crippen MR) is 86.5 cm³/mol. The molecule has 1 aromatic rings. The van der Waals surface area contributed by atoms with E-state index >= 15 is 0 Å². The van der Waals surface area contributed by atoms with Gasteiger partial charge in [0.25, 0.3) is 0 Å². The van der Waals surface area contributed by atoms with Crippen LogP contribution < -0.4 is 10.6 Å². The van der Waals surface area contributed by atoms with E-state index in [9.17, 15) is 4.79 Å². The molecule has 1 unspecified atom stereocenters. The summed E-state index contributed by atoms with van der Waals surface area (Å²) in [5, 5.41) is 6.62. The molecule has 2 rings (SSSR count). The molecule has 0 saturated heterocycles. The van der Waals surface area contributed by atoms with Gasteiger partial charge < -0.3 is 10.6 Å². The van der Waals surface area contributed by atoms with Crippen LogP contribution in [0.3, 0.4) is 0 Å². The van der Waals surface area contributed by atoms with Crippen molar-refractivity contribution in [2.24, 2.45) is 0 Å². The lowest BCUT2D eigenvalue weighted by molar-refractivity contribution is 0.249. The number of nitrogens with one attached hydrogen (secondary N) is 2. The standard InChI is InChI=1S/C16H24N2OS/c1-3-12(2)17-16(19)18-14-10-6-7-11-15(14)20-13-8-4-5-9-13/h6-7,10-13H,3-5,8-9H2,1-2H3,(H2,17,18,19). The van der Waals surface area contributed by atoms with Gasteiger partial charge in [-0.15, -0.1) is 11.8 Å². The number of carbonyl (C=O) groups is 1. The minimum atomic E-state index is -0.112. The van der Waals surface area contributed by atoms with Crippen molar-refractivity contribution in [3.63, 3.8) is 0 Å². The van der Waals surface area contributed by atoms with Crippen LogP contribution in [0.2, 0.25) is 0 Å². The lowest BCUT2D eigenvalue weighted by Gasteiger charge is -2.16. The van der Waals surface area contributed by atoms with Crippen LogP contribution in [0.25, 0.3) is 0 Å². The largest absolute Gasteiger partial charge is 0.335 e. The Morgan fingerprint density at radius 2 is 2.05 bits per heavy atom. The number of rotatable bonds is 5. The highest BCUT2D eigenvalue weighted by atomic mass is 32.2. The third-order valence-corrected chi connectivity index (χ3v) is 5.14. The van der Waals surface area contributed by atoms with E-state index < -0.39 is 0 Å². The summed E-state index contributed by atoms with van der Waals surface area (Å²) in [6.45, 7) is 4.08. The molecule has 1 aliphatic carbocycles. The fraction of sp³-hybridized carbons (Fsp3) is 0.562. The zero-order valence-electron chi connectivity index (χ0n) is 12.3. The van der Waals surface area contributed by atoms with Crippen molar-refractivity contribution in [3.05, 3.63) is 24.3 Å². The average molecular weight is 292 g/mol. The second-order valence-corrected chi connectivity index (χ2v) is 6.77. The Morgan fingerprint density at radius 1 is 1.35 bits per heavy atom. The van der Waals surface area contributed by atoms with Crippen LogP contribution in [0, 0.1) is 0 Å². The molecule has 1 saturated carbocycles. The lowest BCUT2D eigenvalue weighted by Crippen LogP contribution is -2.35. The summed E-state index contributed by atoms with van der Waals surface area (Å²) in [6, 6.07) is 8.17. The van der Waals surface area contributed by atoms with Crippen LogP contribution in [0.4, 0.5) is 10.5 Å². The Bertz CT molecular complexity index is 444. The fourth-order valence-corrected chi connectivity index (χ4v) is 3.67. The van der Waals surface area contributed by atoms with E-state index in [4.69, 9.17) is 0 Å². The molecule has 0 heterocycles. The van der Waals surface area contributed by atoms with Crippen LogP contribution in [-0.4, -0.2) is 17.3 Å². The van der Waals surface area contributed by atoms with Gasteiger partial charge >= 0.3 is 6.03 Å². The molecule has 3 nitrogen and oxygen atoms in total. The molecule has 4 heteroatoms. The summed E-state index contributed by atoms with van der Waals surface area (Å²) in [5.74, 6) is 0. The molecular weight excluding hydrogens is 268 g/mol. The molecule has 110 valence electrons. The van der Waals surface area contributed by atoms with Gasteiger partial charge in [-0.3, -0.25) is 0 Å². The second kappa shape index (κ2) is 7.58. The zero-order chi connectivity index (χ0) is 14.4. The van der Waals surface area contributed by atoms with Crippen molar-refractivity contribution < 1.29 is 4.79 Å². The molecule has 0 aromatic heterocycles. The average Bonchev–Trinajstić information content (AvgIpc) is 2.93. The van der Waals surface area contributed by atoms with Crippen LogP contribution in [0.15, 0.2) is 29.2 Å². The quantitative estimate of drug-likeness (QED) is 0.830. The first-order chi connectivity index (χ1) is 9.69. The summed E-state index contributed by atoms with van der Waals surface area (Å²) in [4.78, 5) is 13.1. The first kappa shape index (κ1) is 15.2. The lowest BCUT2D eigenvalue weighted by atomic mass is 10.3. The molecular formula is C16H24N2OS. The van der Waals surface area contributed by atoms with E-state index in [-0.39, 0.29) is 12.1 Å². The van der Waals surface area contributed by atoms with E-state index in [1.54, 1.807) is 0 Å². The Hall–Kier alpha value is -1.16. The number of thioether (sulfide) groups is 1. The zero-order valence-corrected chi connectivity index (χ0v) is 13.1. The fourth-order valence-electron chi connectivity index (χ4n) is 2.34. The maximum absolute atomic E-state index is 11.9. The number of para-hydroxylation sites is 1. The maximum Gasteiger partial charge on any atom is 0.319 e. The summed E-state index contributed by atoms with van der Waals surface area (Å²) < 4.78 is 0.